The highest BCUT2D eigenvalue weighted by molar-refractivity contribution is 6.05. The molecule has 10 heteroatoms. The molecule has 2 heterocycles. The van der Waals surface area contributed by atoms with Gasteiger partial charge in [0.2, 0.25) is 0 Å². The summed E-state index contributed by atoms with van der Waals surface area (Å²) in [5.74, 6) is -2.18. The number of carboxylic acids is 1. The van der Waals surface area contributed by atoms with Gasteiger partial charge >= 0.3 is 12.1 Å². The topological polar surface area (TPSA) is 95.4 Å². The molecule has 2 N–H and O–H groups in total. The molecule has 0 unspecified atom stereocenters. The normalized spacial score (nSPS) is 15.5. The lowest BCUT2D eigenvalue weighted by molar-refractivity contribution is -0.133. The SMILES string of the molecule is O=C(CCC(F)(F)F)c1cnnc(C(=O)O)c1N1CCNCC1. The van der Waals surface area contributed by atoms with Crippen molar-refractivity contribution >= 4 is 17.4 Å². The molecule has 1 aromatic rings. The van der Waals surface area contributed by atoms with E-state index in [2.05, 4.69) is 15.5 Å². The molecule has 1 saturated heterocycles. The van der Waals surface area contributed by atoms with Gasteiger partial charge in [-0.15, -0.1) is 5.10 Å². The van der Waals surface area contributed by atoms with E-state index < -0.39 is 36.5 Å². The van der Waals surface area contributed by atoms with Crippen LogP contribution in [-0.2, 0) is 0 Å². The highest BCUT2D eigenvalue weighted by Crippen LogP contribution is 2.28. The summed E-state index contributed by atoms with van der Waals surface area (Å²) in [6, 6.07) is 0. The van der Waals surface area contributed by atoms with Gasteiger partial charge in [0.1, 0.15) is 0 Å². The monoisotopic (exact) mass is 332 g/mol. The van der Waals surface area contributed by atoms with Crippen LogP contribution in [0.2, 0.25) is 0 Å². The number of ketones is 1. The lowest BCUT2D eigenvalue weighted by Gasteiger charge is -2.31. The van der Waals surface area contributed by atoms with Crippen molar-refractivity contribution < 1.29 is 27.9 Å². The number of nitrogens with one attached hydrogen (secondary N) is 1. The number of carbonyl (C=O) groups excluding carboxylic acids is 1. The summed E-state index contributed by atoms with van der Waals surface area (Å²) >= 11 is 0. The van der Waals surface area contributed by atoms with Crippen molar-refractivity contribution in [1.82, 2.24) is 15.5 Å². The van der Waals surface area contributed by atoms with E-state index in [4.69, 9.17) is 0 Å². The Kier molecular flexibility index (Phi) is 5.14. The van der Waals surface area contributed by atoms with Crippen molar-refractivity contribution in [1.29, 1.82) is 0 Å². The van der Waals surface area contributed by atoms with Crippen LogP contribution < -0.4 is 10.2 Å². The van der Waals surface area contributed by atoms with E-state index in [1.807, 2.05) is 0 Å². The summed E-state index contributed by atoms with van der Waals surface area (Å²) in [6.45, 7) is 1.98. The van der Waals surface area contributed by atoms with E-state index in [9.17, 15) is 27.9 Å². The summed E-state index contributed by atoms with van der Waals surface area (Å²) in [4.78, 5) is 25.1. The maximum Gasteiger partial charge on any atom is 0.389 e. The number of piperazine rings is 1. The minimum absolute atomic E-state index is 0.0428. The van der Waals surface area contributed by atoms with Crippen molar-refractivity contribution in [3.05, 3.63) is 17.5 Å². The molecule has 1 aliphatic rings. The number of hydrogen-bond donors (Lipinski definition) is 2. The molecule has 126 valence electrons. The fraction of sp³-hybridized carbons (Fsp3) is 0.538. The Hall–Kier alpha value is -2.23. The molecule has 23 heavy (non-hydrogen) atoms. The predicted octanol–water partition coefficient (Wildman–Crippen LogP) is 1.11. The average molecular weight is 332 g/mol. The first-order valence-electron chi connectivity index (χ1n) is 6.94. The van der Waals surface area contributed by atoms with Gasteiger partial charge in [-0.05, 0) is 0 Å². The summed E-state index contributed by atoms with van der Waals surface area (Å²) in [6.07, 6.45) is -5.45. The van der Waals surface area contributed by atoms with E-state index in [1.54, 1.807) is 4.90 Å². The maximum absolute atomic E-state index is 12.3. The van der Waals surface area contributed by atoms with Crippen LogP contribution in [0.4, 0.5) is 18.9 Å². The number of aromatic carboxylic acids is 1. The van der Waals surface area contributed by atoms with Crippen LogP contribution in [0.1, 0.15) is 33.7 Å². The van der Waals surface area contributed by atoms with Crippen LogP contribution in [0.3, 0.4) is 0 Å². The second-order valence-corrected chi connectivity index (χ2v) is 5.04. The molecule has 0 aromatic carbocycles. The first-order valence-corrected chi connectivity index (χ1v) is 6.94. The van der Waals surface area contributed by atoms with Crippen molar-refractivity contribution in [2.45, 2.75) is 19.0 Å². The van der Waals surface area contributed by atoms with Gasteiger partial charge in [-0.3, -0.25) is 4.79 Å². The smallest absolute Gasteiger partial charge is 0.389 e. The zero-order valence-electron chi connectivity index (χ0n) is 12.1. The Balaban J connectivity index is 2.36. The highest BCUT2D eigenvalue weighted by Gasteiger charge is 2.31. The van der Waals surface area contributed by atoms with Gasteiger partial charge in [0.25, 0.3) is 0 Å². The highest BCUT2D eigenvalue weighted by atomic mass is 19.4. The van der Waals surface area contributed by atoms with Crippen LogP contribution in [0.25, 0.3) is 0 Å². The quantitative estimate of drug-likeness (QED) is 0.780. The molecular weight excluding hydrogens is 317 g/mol. The van der Waals surface area contributed by atoms with Crippen LogP contribution in [-0.4, -0.2) is 59.4 Å². The first kappa shape index (κ1) is 17.1. The Morgan fingerprint density at radius 2 is 1.96 bits per heavy atom. The molecule has 0 spiro atoms. The van der Waals surface area contributed by atoms with E-state index in [0.29, 0.717) is 26.2 Å². The van der Waals surface area contributed by atoms with E-state index in [1.165, 1.54) is 0 Å². The zero-order valence-corrected chi connectivity index (χ0v) is 12.1. The second-order valence-electron chi connectivity index (χ2n) is 5.04. The van der Waals surface area contributed by atoms with Gasteiger partial charge in [0, 0.05) is 32.6 Å². The van der Waals surface area contributed by atoms with Crippen LogP contribution >= 0.6 is 0 Å². The van der Waals surface area contributed by atoms with Gasteiger partial charge in [-0.25, -0.2) is 4.79 Å². The molecule has 7 nitrogen and oxygen atoms in total. The fourth-order valence-corrected chi connectivity index (χ4v) is 2.33. The Morgan fingerprint density at radius 3 is 2.52 bits per heavy atom. The number of aromatic nitrogens is 2. The lowest BCUT2D eigenvalue weighted by Crippen LogP contribution is -2.44. The number of nitrogens with zero attached hydrogens (tertiary/aromatic N) is 3. The number of alkyl halides is 3. The number of rotatable bonds is 5. The molecular formula is C13H15F3N4O3. The fourth-order valence-electron chi connectivity index (χ4n) is 2.33. The van der Waals surface area contributed by atoms with Crippen LogP contribution in [0, 0.1) is 0 Å². The molecule has 0 atom stereocenters. The number of carbonyl (C=O) groups is 2. The summed E-state index contributed by atoms with van der Waals surface area (Å²) < 4.78 is 36.9. The number of Topliss-reactive ketones (excluding diaryl/α,β-unsaturated/α-hetero) is 1. The Bertz CT molecular complexity index is 601. The molecule has 1 aromatic heterocycles. The first-order chi connectivity index (χ1) is 10.8. The molecule has 0 bridgehead atoms. The van der Waals surface area contributed by atoms with Crippen LogP contribution in [0.15, 0.2) is 6.20 Å². The van der Waals surface area contributed by atoms with Gasteiger partial charge in [-0.2, -0.15) is 18.3 Å². The third-order valence-corrected chi connectivity index (χ3v) is 3.40. The number of hydrogen-bond acceptors (Lipinski definition) is 6. The molecule has 0 amide bonds. The van der Waals surface area contributed by atoms with E-state index >= 15 is 0 Å². The molecule has 2 rings (SSSR count). The molecule has 0 aliphatic carbocycles. The minimum atomic E-state index is -4.46. The Morgan fingerprint density at radius 1 is 1.30 bits per heavy atom. The van der Waals surface area contributed by atoms with Crippen molar-refractivity contribution in [2.24, 2.45) is 0 Å². The third kappa shape index (κ3) is 4.38. The van der Waals surface area contributed by atoms with Crippen molar-refractivity contribution in [3.63, 3.8) is 0 Å². The van der Waals surface area contributed by atoms with Gasteiger partial charge < -0.3 is 15.3 Å². The van der Waals surface area contributed by atoms with Gasteiger partial charge in [0.05, 0.1) is 23.9 Å². The van der Waals surface area contributed by atoms with E-state index in [-0.39, 0.29) is 11.3 Å². The average Bonchev–Trinajstić information content (AvgIpc) is 2.52. The summed E-state index contributed by atoms with van der Waals surface area (Å²) in [5, 5.41) is 19.3. The van der Waals surface area contributed by atoms with Gasteiger partial charge in [0.15, 0.2) is 11.5 Å². The van der Waals surface area contributed by atoms with Crippen LogP contribution in [0.5, 0.6) is 0 Å². The lowest BCUT2D eigenvalue weighted by atomic mass is 10.0. The largest absolute Gasteiger partial charge is 0.476 e. The standard InChI is InChI=1S/C13H15F3N4O3/c14-13(15,16)2-1-9(21)8-7-18-19-10(12(22)23)11(8)20-5-3-17-4-6-20/h7,17H,1-6H2,(H,22,23). The molecule has 1 fully saturated rings. The maximum atomic E-state index is 12.3. The third-order valence-electron chi connectivity index (χ3n) is 3.40. The van der Waals surface area contributed by atoms with E-state index in [0.717, 1.165) is 6.20 Å². The predicted molar refractivity (Wildman–Crippen MR) is 73.7 cm³/mol. The number of anilines is 1. The molecule has 1 aliphatic heterocycles. The number of carboxylic acid groups (broad SMARTS) is 1. The van der Waals surface area contributed by atoms with Crippen molar-refractivity contribution in [2.75, 3.05) is 31.1 Å². The Labute approximate surface area is 129 Å². The zero-order chi connectivity index (χ0) is 17.0. The second kappa shape index (κ2) is 6.90. The summed E-state index contributed by atoms with van der Waals surface area (Å²) in [5.41, 5.74) is -0.519. The van der Waals surface area contributed by atoms with Crippen molar-refractivity contribution in [3.8, 4) is 0 Å². The summed E-state index contributed by atoms with van der Waals surface area (Å²) in [7, 11) is 0. The molecule has 0 saturated carbocycles. The molecule has 0 radical (unpaired) electrons. The minimum Gasteiger partial charge on any atom is -0.476 e. The number of halogens is 3. The van der Waals surface area contributed by atoms with Gasteiger partial charge in [-0.1, -0.05) is 0 Å².